The van der Waals surface area contributed by atoms with E-state index in [2.05, 4.69) is 33.9 Å². The summed E-state index contributed by atoms with van der Waals surface area (Å²) in [5.74, 6) is -0.517. The second kappa shape index (κ2) is 9.15. The summed E-state index contributed by atoms with van der Waals surface area (Å²) in [4.78, 5) is 22.6. The molecule has 0 fully saturated rings. The van der Waals surface area contributed by atoms with Gasteiger partial charge >= 0.3 is 5.97 Å². The molecule has 0 saturated carbocycles. The molecule has 0 atom stereocenters. The third kappa shape index (κ3) is 8.83. The van der Waals surface area contributed by atoms with Gasteiger partial charge in [0.25, 0.3) is 0 Å². The Morgan fingerprint density at radius 2 is 1.76 bits per heavy atom. The van der Waals surface area contributed by atoms with E-state index in [4.69, 9.17) is 9.16 Å². The van der Waals surface area contributed by atoms with Crippen LogP contribution in [0.25, 0.3) is 0 Å². The van der Waals surface area contributed by atoms with Crippen molar-refractivity contribution in [1.82, 2.24) is 0 Å². The lowest BCUT2D eigenvalue weighted by atomic mass is 10.1. The first-order valence-electron chi connectivity index (χ1n) is 7.56. The monoisotopic (exact) mass is 314 g/mol. The number of ketones is 1. The molecule has 122 valence electrons. The van der Waals surface area contributed by atoms with E-state index < -0.39 is 14.3 Å². The van der Waals surface area contributed by atoms with Gasteiger partial charge in [-0.1, -0.05) is 32.9 Å². The number of carbonyl (C=O) groups excluding carboxylic acids is 2. The van der Waals surface area contributed by atoms with Crippen LogP contribution in [0.3, 0.4) is 0 Å². The van der Waals surface area contributed by atoms with Gasteiger partial charge in [-0.15, -0.1) is 0 Å². The molecule has 0 aliphatic rings. The van der Waals surface area contributed by atoms with Gasteiger partial charge in [0.1, 0.15) is 12.2 Å². The second-order valence-corrected chi connectivity index (χ2v) is 11.4. The number of Topliss-reactive ketones (excluding diaryl/α,β-unsaturated/α-hetero) is 1. The third-order valence-electron chi connectivity index (χ3n) is 3.75. The van der Waals surface area contributed by atoms with Crippen molar-refractivity contribution in [3.8, 4) is 0 Å². The predicted octanol–water partition coefficient (Wildman–Crippen LogP) is 3.87. The molecular weight excluding hydrogens is 284 g/mol. The maximum atomic E-state index is 11.5. The Balaban J connectivity index is 3.89. The summed E-state index contributed by atoms with van der Waals surface area (Å²) in [5, 5.41) is 0.205. The Kier molecular flexibility index (Phi) is 8.74. The minimum atomic E-state index is -1.70. The minimum absolute atomic E-state index is 0.0802. The van der Waals surface area contributed by atoms with E-state index in [1.165, 1.54) is 0 Å². The van der Waals surface area contributed by atoms with Crippen molar-refractivity contribution >= 4 is 20.1 Å². The van der Waals surface area contributed by atoms with Crippen molar-refractivity contribution in [2.75, 3.05) is 13.2 Å². The summed E-state index contributed by atoms with van der Waals surface area (Å²) >= 11 is 0. The van der Waals surface area contributed by atoms with E-state index in [0.29, 0.717) is 26.1 Å². The summed E-state index contributed by atoms with van der Waals surface area (Å²) in [6.45, 7) is 13.7. The molecule has 0 aliphatic carbocycles. The SMILES string of the molecule is CCOC(=O)CC(=O)CC/C=C\CO[Si](C)(C)C(C)(C)C. The zero-order valence-corrected chi connectivity index (χ0v) is 15.3. The van der Waals surface area contributed by atoms with Crippen LogP contribution in [0.2, 0.25) is 18.1 Å². The fraction of sp³-hybridized carbons (Fsp3) is 0.750. The lowest BCUT2D eigenvalue weighted by Crippen LogP contribution is -2.40. The maximum Gasteiger partial charge on any atom is 0.313 e. The first-order valence-corrected chi connectivity index (χ1v) is 10.5. The number of ether oxygens (including phenoxy) is 1. The molecular formula is C16H30O4Si. The lowest BCUT2D eigenvalue weighted by Gasteiger charge is -2.35. The van der Waals surface area contributed by atoms with E-state index in [0.717, 1.165) is 0 Å². The van der Waals surface area contributed by atoms with Crippen molar-refractivity contribution in [1.29, 1.82) is 0 Å². The van der Waals surface area contributed by atoms with Crippen molar-refractivity contribution in [3.63, 3.8) is 0 Å². The second-order valence-electron chi connectivity index (χ2n) is 6.60. The summed E-state index contributed by atoms with van der Waals surface area (Å²) in [7, 11) is -1.70. The highest BCUT2D eigenvalue weighted by Crippen LogP contribution is 2.36. The zero-order chi connectivity index (χ0) is 16.5. The molecule has 0 bridgehead atoms. The molecule has 0 aromatic heterocycles. The molecule has 0 spiro atoms. The highest BCUT2D eigenvalue weighted by atomic mass is 28.4. The van der Waals surface area contributed by atoms with Crippen LogP contribution in [-0.4, -0.2) is 33.3 Å². The summed E-state index contributed by atoms with van der Waals surface area (Å²) in [6, 6.07) is 0. The van der Waals surface area contributed by atoms with Crippen LogP contribution in [0.4, 0.5) is 0 Å². The minimum Gasteiger partial charge on any atom is -0.466 e. The van der Waals surface area contributed by atoms with Crippen LogP contribution in [-0.2, 0) is 18.8 Å². The predicted molar refractivity (Wildman–Crippen MR) is 87.8 cm³/mol. The van der Waals surface area contributed by atoms with E-state index in [1.807, 2.05) is 12.2 Å². The van der Waals surface area contributed by atoms with Crippen molar-refractivity contribution < 1.29 is 18.8 Å². The quantitative estimate of drug-likeness (QED) is 0.280. The smallest absolute Gasteiger partial charge is 0.313 e. The summed E-state index contributed by atoms with van der Waals surface area (Å²) in [5.41, 5.74) is 0. The molecule has 4 nitrogen and oxygen atoms in total. The Labute approximate surface area is 130 Å². The number of allylic oxidation sites excluding steroid dienone is 1. The first kappa shape index (κ1) is 20.1. The maximum absolute atomic E-state index is 11.5. The number of hydrogen-bond acceptors (Lipinski definition) is 4. The van der Waals surface area contributed by atoms with Crippen LogP contribution in [0, 0.1) is 0 Å². The Morgan fingerprint density at radius 3 is 2.29 bits per heavy atom. The van der Waals surface area contributed by atoms with Gasteiger partial charge in [0.15, 0.2) is 8.32 Å². The Hall–Kier alpha value is -0.943. The fourth-order valence-electron chi connectivity index (χ4n) is 1.36. The topological polar surface area (TPSA) is 52.6 Å². The van der Waals surface area contributed by atoms with Gasteiger partial charge in [-0.3, -0.25) is 9.59 Å². The largest absolute Gasteiger partial charge is 0.466 e. The molecule has 0 saturated heterocycles. The molecule has 0 aromatic carbocycles. The van der Waals surface area contributed by atoms with Gasteiger partial charge in [-0.2, -0.15) is 0 Å². The standard InChI is InChI=1S/C16H30O4Si/c1-7-19-15(18)13-14(17)11-9-8-10-12-20-21(5,6)16(2,3)4/h8,10H,7,9,11-13H2,1-6H3/b10-8-. The van der Waals surface area contributed by atoms with Gasteiger partial charge in [-0.05, 0) is 31.5 Å². The van der Waals surface area contributed by atoms with Crippen LogP contribution in [0.5, 0.6) is 0 Å². The highest BCUT2D eigenvalue weighted by molar-refractivity contribution is 6.74. The van der Waals surface area contributed by atoms with Crippen molar-refractivity contribution in [2.24, 2.45) is 0 Å². The summed E-state index contributed by atoms with van der Waals surface area (Å²) in [6.07, 6.45) is 4.78. The van der Waals surface area contributed by atoms with E-state index >= 15 is 0 Å². The van der Waals surface area contributed by atoms with E-state index in [9.17, 15) is 9.59 Å². The van der Waals surface area contributed by atoms with Crippen LogP contribution in [0.15, 0.2) is 12.2 Å². The van der Waals surface area contributed by atoms with Gasteiger partial charge in [0, 0.05) is 6.42 Å². The first-order chi connectivity index (χ1) is 9.60. The van der Waals surface area contributed by atoms with Gasteiger partial charge in [0.05, 0.1) is 13.2 Å². The molecule has 0 amide bonds. The molecule has 5 heteroatoms. The van der Waals surface area contributed by atoms with E-state index in [1.54, 1.807) is 6.92 Å². The summed E-state index contributed by atoms with van der Waals surface area (Å²) < 4.78 is 10.7. The Morgan fingerprint density at radius 1 is 1.14 bits per heavy atom. The van der Waals surface area contributed by atoms with Crippen LogP contribution < -0.4 is 0 Å². The average molecular weight is 314 g/mol. The average Bonchev–Trinajstić information content (AvgIpc) is 2.32. The molecule has 0 radical (unpaired) electrons. The van der Waals surface area contributed by atoms with Crippen molar-refractivity contribution in [3.05, 3.63) is 12.2 Å². The van der Waals surface area contributed by atoms with Gasteiger partial charge in [-0.25, -0.2) is 0 Å². The molecule has 0 heterocycles. The molecule has 0 rings (SSSR count). The van der Waals surface area contributed by atoms with Crippen molar-refractivity contribution in [2.45, 2.75) is 65.1 Å². The van der Waals surface area contributed by atoms with Crippen LogP contribution in [0.1, 0.15) is 47.0 Å². The van der Waals surface area contributed by atoms with Gasteiger partial charge in [0.2, 0.25) is 0 Å². The highest BCUT2D eigenvalue weighted by Gasteiger charge is 2.36. The molecule has 0 N–H and O–H groups in total. The fourth-order valence-corrected chi connectivity index (χ4v) is 2.31. The molecule has 0 aliphatic heterocycles. The van der Waals surface area contributed by atoms with Crippen LogP contribution >= 0.6 is 0 Å². The number of carbonyl (C=O) groups is 2. The molecule has 21 heavy (non-hydrogen) atoms. The lowest BCUT2D eigenvalue weighted by molar-refractivity contribution is -0.145. The van der Waals surface area contributed by atoms with Gasteiger partial charge < -0.3 is 9.16 Å². The third-order valence-corrected chi connectivity index (χ3v) is 8.25. The molecule has 0 aromatic rings. The number of hydrogen-bond donors (Lipinski definition) is 0. The Bertz CT molecular complexity index is 367. The normalized spacial score (nSPS) is 12.7. The number of rotatable bonds is 9. The molecule has 0 unspecified atom stereocenters. The number of esters is 1. The van der Waals surface area contributed by atoms with E-state index in [-0.39, 0.29) is 17.2 Å². The zero-order valence-electron chi connectivity index (χ0n) is 14.3.